The first-order valence-corrected chi connectivity index (χ1v) is 17.6. The molecule has 0 aliphatic rings. The molecule has 0 spiro atoms. The molecule has 4 aromatic heterocycles. The maximum atomic E-state index is 6.75. The molecule has 7 nitrogen and oxygen atoms in total. The van der Waals surface area contributed by atoms with Gasteiger partial charge >= 0.3 is 0 Å². The second-order valence-corrected chi connectivity index (χ2v) is 13.1. The van der Waals surface area contributed by atoms with Crippen molar-refractivity contribution in [2.24, 2.45) is 0 Å². The third-order valence-electron chi connectivity index (χ3n) is 9.99. The Hall–Kier alpha value is -7.38. The summed E-state index contributed by atoms with van der Waals surface area (Å²) in [7, 11) is 0. The Balaban J connectivity index is 1.34. The number of nitrogens with zero attached hydrogens (tertiary/aromatic N) is 6. The third-order valence-corrected chi connectivity index (χ3v) is 9.99. The minimum absolute atomic E-state index is 0.480. The highest BCUT2D eigenvalue weighted by atomic mass is 16.3. The summed E-state index contributed by atoms with van der Waals surface area (Å²) in [4.78, 5) is 21.0. The van der Waals surface area contributed by atoms with Gasteiger partial charge in [0.1, 0.15) is 22.4 Å². The van der Waals surface area contributed by atoms with Crippen LogP contribution in [0.25, 0.3) is 101 Å². The van der Waals surface area contributed by atoms with Gasteiger partial charge in [-0.2, -0.15) is 9.97 Å². The number of imidazole rings is 1. The highest BCUT2D eigenvalue weighted by Gasteiger charge is 2.26. The van der Waals surface area contributed by atoms with E-state index in [2.05, 4.69) is 88.0 Å². The van der Waals surface area contributed by atoms with Crippen molar-refractivity contribution >= 4 is 54.8 Å². The van der Waals surface area contributed by atoms with Crippen LogP contribution in [0.3, 0.4) is 0 Å². The Labute approximate surface area is 303 Å². The lowest BCUT2D eigenvalue weighted by Gasteiger charge is -2.11. The largest absolute Gasteiger partial charge is 0.454 e. The third kappa shape index (κ3) is 4.54. The van der Waals surface area contributed by atoms with E-state index in [1.165, 1.54) is 0 Å². The van der Waals surface area contributed by atoms with E-state index in [0.29, 0.717) is 17.6 Å². The number of hydrogen-bond acceptors (Lipinski definition) is 5. The topological polar surface area (TPSA) is 74.6 Å². The van der Waals surface area contributed by atoms with E-state index in [0.717, 1.165) is 83.0 Å². The van der Waals surface area contributed by atoms with Crippen LogP contribution in [0.4, 0.5) is 0 Å². The monoisotopic (exact) mass is 680 g/mol. The zero-order chi connectivity index (χ0) is 34.9. The predicted octanol–water partition coefficient (Wildman–Crippen LogP) is 11.2. The number of benzene rings is 7. The van der Waals surface area contributed by atoms with Gasteiger partial charge in [0.2, 0.25) is 5.95 Å². The van der Waals surface area contributed by atoms with E-state index in [9.17, 15) is 0 Å². The summed E-state index contributed by atoms with van der Waals surface area (Å²) >= 11 is 0. The van der Waals surface area contributed by atoms with Crippen LogP contribution in [0.15, 0.2) is 174 Å². The van der Waals surface area contributed by atoms with Crippen LogP contribution in [-0.2, 0) is 0 Å². The van der Waals surface area contributed by atoms with Gasteiger partial charge in [0.05, 0.1) is 11.0 Å². The molecule has 0 saturated heterocycles. The molecule has 11 aromatic rings. The summed E-state index contributed by atoms with van der Waals surface area (Å²) in [6, 6.07) is 57.8. The molecule has 248 valence electrons. The van der Waals surface area contributed by atoms with E-state index in [-0.39, 0.29) is 0 Å². The van der Waals surface area contributed by atoms with Crippen molar-refractivity contribution in [1.82, 2.24) is 29.1 Å². The zero-order valence-corrected chi connectivity index (χ0v) is 28.3. The molecule has 0 radical (unpaired) electrons. The molecular formula is C46H28N6O. The molecule has 0 atom stereocenters. The molecule has 53 heavy (non-hydrogen) atoms. The van der Waals surface area contributed by atoms with Crippen molar-refractivity contribution in [3.8, 4) is 45.8 Å². The van der Waals surface area contributed by atoms with Crippen molar-refractivity contribution in [1.29, 1.82) is 0 Å². The Kier molecular flexibility index (Phi) is 6.42. The van der Waals surface area contributed by atoms with Crippen molar-refractivity contribution < 1.29 is 4.42 Å². The number of hydrogen-bond donors (Lipinski definition) is 0. The van der Waals surface area contributed by atoms with Crippen molar-refractivity contribution in [3.63, 3.8) is 0 Å². The molecule has 0 N–H and O–H groups in total. The average molecular weight is 681 g/mol. The molecular weight excluding hydrogens is 653 g/mol. The number of para-hydroxylation sites is 2. The fourth-order valence-electron chi connectivity index (χ4n) is 7.62. The molecule has 7 aromatic carbocycles. The van der Waals surface area contributed by atoms with Crippen LogP contribution in [0, 0.1) is 0 Å². The molecule has 0 amide bonds. The lowest BCUT2D eigenvalue weighted by atomic mass is 10.1. The van der Waals surface area contributed by atoms with Crippen LogP contribution in [0.1, 0.15) is 0 Å². The number of furan rings is 1. The molecule has 0 bridgehead atoms. The number of rotatable bonds is 5. The summed E-state index contributed by atoms with van der Waals surface area (Å²) < 4.78 is 11.1. The normalized spacial score (nSPS) is 11.8. The summed E-state index contributed by atoms with van der Waals surface area (Å²) in [6.45, 7) is 0. The van der Waals surface area contributed by atoms with Crippen LogP contribution in [0.5, 0.6) is 0 Å². The quantitative estimate of drug-likeness (QED) is 0.181. The SMILES string of the molecule is c1ccc(-c2nc(-c3ccccc3)nc(-n3c4c(ccc5c4nc(-c4ccccc4)n5-c4ccccc4)c4ccc5c6ccccc6oc5c43)n2)cc1. The van der Waals surface area contributed by atoms with Gasteiger partial charge in [-0.3, -0.25) is 9.13 Å². The summed E-state index contributed by atoms with van der Waals surface area (Å²) in [5.41, 5.74) is 8.98. The fraction of sp³-hybridized carbons (Fsp3) is 0. The maximum Gasteiger partial charge on any atom is 0.239 e. The van der Waals surface area contributed by atoms with E-state index in [1.807, 2.05) is 91.0 Å². The molecule has 7 heteroatoms. The van der Waals surface area contributed by atoms with Gasteiger partial charge in [0.15, 0.2) is 17.2 Å². The lowest BCUT2D eigenvalue weighted by Crippen LogP contribution is -2.06. The molecule has 0 fully saturated rings. The minimum atomic E-state index is 0.480. The fourth-order valence-corrected chi connectivity index (χ4v) is 7.62. The molecule has 0 aliphatic heterocycles. The zero-order valence-electron chi connectivity index (χ0n) is 28.3. The smallest absolute Gasteiger partial charge is 0.239 e. The van der Waals surface area contributed by atoms with E-state index >= 15 is 0 Å². The van der Waals surface area contributed by atoms with Crippen LogP contribution in [0.2, 0.25) is 0 Å². The van der Waals surface area contributed by atoms with Gasteiger partial charge in [0.25, 0.3) is 0 Å². The first-order chi connectivity index (χ1) is 26.3. The number of fused-ring (bicyclic) bond motifs is 9. The Morgan fingerprint density at radius 1 is 0.396 bits per heavy atom. The molecule has 0 unspecified atom stereocenters. The van der Waals surface area contributed by atoms with Crippen molar-refractivity contribution in [3.05, 3.63) is 170 Å². The second-order valence-electron chi connectivity index (χ2n) is 13.1. The second kappa shape index (κ2) is 11.6. The first-order valence-electron chi connectivity index (χ1n) is 17.6. The van der Waals surface area contributed by atoms with Gasteiger partial charge in [-0.15, -0.1) is 0 Å². The summed E-state index contributed by atoms with van der Waals surface area (Å²) in [5, 5.41) is 4.12. The van der Waals surface area contributed by atoms with Gasteiger partial charge in [-0.25, -0.2) is 9.97 Å². The average Bonchev–Trinajstić information content (AvgIpc) is 3.92. The van der Waals surface area contributed by atoms with Crippen LogP contribution in [-0.4, -0.2) is 29.1 Å². The predicted molar refractivity (Wildman–Crippen MR) is 212 cm³/mol. The molecule has 0 aliphatic carbocycles. The number of aromatic nitrogens is 6. The van der Waals surface area contributed by atoms with E-state index < -0.39 is 0 Å². The molecule has 4 heterocycles. The van der Waals surface area contributed by atoms with E-state index in [4.69, 9.17) is 24.4 Å². The van der Waals surface area contributed by atoms with E-state index in [1.54, 1.807) is 0 Å². The Morgan fingerprint density at radius 2 is 0.943 bits per heavy atom. The Bertz CT molecular complexity index is 3090. The van der Waals surface area contributed by atoms with Crippen molar-refractivity contribution in [2.75, 3.05) is 0 Å². The van der Waals surface area contributed by atoms with Gasteiger partial charge in [0, 0.05) is 43.9 Å². The highest BCUT2D eigenvalue weighted by Crippen LogP contribution is 2.43. The maximum absolute atomic E-state index is 6.75. The van der Waals surface area contributed by atoms with Crippen molar-refractivity contribution in [2.45, 2.75) is 0 Å². The summed E-state index contributed by atoms with van der Waals surface area (Å²) in [6.07, 6.45) is 0. The van der Waals surface area contributed by atoms with Gasteiger partial charge in [-0.05, 0) is 36.4 Å². The Morgan fingerprint density at radius 3 is 1.62 bits per heavy atom. The van der Waals surface area contributed by atoms with Crippen LogP contribution >= 0.6 is 0 Å². The molecule has 0 saturated carbocycles. The lowest BCUT2D eigenvalue weighted by molar-refractivity contribution is 0.670. The highest BCUT2D eigenvalue weighted by molar-refractivity contribution is 6.24. The first kappa shape index (κ1) is 29.4. The van der Waals surface area contributed by atoms with Gasteiger partial charge in [-0.1, -0.05) is 133 Å². The molecule has 11 rings (SSSR count). The summed E-state index contributed by atoms with van der Waals surface area (Å²) in [5.74, 6) is 2.48. The minimum Gasteiger partial charge on any atom is -0.454 e. The standard InChI is InChI=1S/C46H28N6O/c1-5-15-29(16-6-1)43-48-44(30-17-7-2-8-18-30)50-46(49-43)52-40-34(35-25-26-36-33-23-13-14-24-38(33)53-42(36)41(35)52)27-28-37-39(40)47-45(31-19-9-3-10-20-31)51(37)32-21-11-4-12-22-32/h1-28H. The van der Waals surface area contributed by atoms with Crippen LogP contribution < -0.4 is 0 Å². The van der Waals surface area contributed by atoms with Gasteiger partial charge < -0.3 is 4.42 Å².